The van der Waals surface area contributed by atoms with Gasteiger partial charge in [-0.15, -0.1) is 5.10 Å². The summed E-state index contributed by atoms with van der Waals surface area (Å²) < 4.78 is 11.6. The van der Waals surface area contributed by atoms with Crippen molar-refractivity contribution in [2.45, 2.75) is 39.3 Å². The van der Waals surface area contributed by atoms with Crippen molar-refractivity contribution < 1.29 is 14.3 Å². The monoisotopic (exact) mass is 241 g/mol. The molecule has 0 bridgehead atoms. The molecule has 0 radical (unpaired) electrons. The van der Waals surface area contributed by atoms with Crippen molar-refractivity contribution in [2.24, 2.45) is 0 Å². The van der Waals surface area contributed by atoms with Gasteiger partial charge in [0.2, 0.25) is 0 Å². The Morgan fingerprint density at radius 1 is 1.35 bits per heavy atom. The minimum atomic E-state index is -0.454. The Kier molecular flexibility index (Phi) is 4.62. The molecule has 0 aliphatic heterocycles. The zero-order valence-corrected chi connectivity index (χ0v) is 10.9. The highest BCUT2D eigenvalue weighted by atomic mass is 16.5. The second-order valence-corrected chi connectivity index (χ2v) is 4.20. The van der Waals surface area contributed by atoms with E-state index >= 15 is 0 Å². The third-order valence-corrected chi connectivity index (χ3v) is 2.53. The van der Waals surface area contributed by atoms with E-state index in [0.717, 1.165) is 5.69 Å². The molecule has 1 rings (SSSR count). The molecule has 0 amide bonds. The number of esters is 1. The summed E-state index contributed by atoms with van der Waals surface area (Å²) in [6, 6.07) is 0. The number of methoxy groups -OCH3 is 2. The molecule has 96 valence electrons. The summed E-state index contributed by atoms with van der Waals surface area (Å²) >= 11 is 0. The topological polar surface area (TPSA) is 66.2 Å². The van der Waals surface area contributed by atoms with E-state index in [-0.39, 0.29) is 17.7 Å². The molecule has 1 unspecified atom stereocenters. The van der Waals surface area contributed by atoms with Crippen LogP contribution >= 0.6 is 0 Å². The second kappa shape index (κ2) is 5.77. The van der Waals surface area contributed by atoms with Gasteiger partial charge in [-0.25, -0.2) is 9.48 Å². The Labute approximate surface area is 101 Å². The summed E-state index contributed by atoms with van der Waals surface area (Å²) in [5.41, 5.74) is 1.06. The van der Waals surface area contributed by atoms with Crippen molar-refractivity contribution >= 4 is 5.97 Å². The van der Waals surface area contributed by atoms with Crippen LogP contribution in [0, 0.1) is 0 Å². The van der Waals surface area contributed by atoms with E-state index in [2.05, 4.69) is 15.0 Å². The van der Waals surface area contributed by atoms with Gasteiger partial charge in [0.25, 0.3) is 0 Å². The summed E-state index contributed by atoms with van der Waals surface area (Å²) in [5.74, 6) is -0.312. The maximum absolute atomic E-state index is 11.5. The summed E-state index contributed by atoms with van der Waals surface area (Å²) in [7, 11) is 2.97. The molecule has 17 heavy (non-hydrogen) atoms. The van der Waals surface area contributed by atoms with Gasteiger partial charge >= 0.3 is 5.97 Å². The molecule has 6 nitrogen and oxygen atoms in total. The first-order valence-corrected chi connectivity index (χ1v) is 5.55. The van der Waals surface area contributed by atoms with Gasteiger partial charge < -0.3 is 9.47 Å². The van der Waals surface area contributed by atoms with Crippen LogP contribution in [0.2, 0.25) is 0 Å². The van der Waals surface area contributed by atoms with Crippen LogP contribution in [0.4, 0.5) is 0 Å². The van der Waals surface area contributed by atoms with E-state index in [1.165, 1.54) is 7.11 Å². The van der Waals surface area contributed by atoms with E-state index in [9.17, 15) is 4.79 Å². The maximum atomic E-state index is 11.5. The van der Waals surface area contributed by atoms with Gasteiger partial charge in [0.1, 0.15) is 0 Å². The molecule has 6 heteroatoms. The SMILES string of the molecule is COC(=O)c1nnn(CC(C)OC)c1C(C)C. The standard InChI is InChI=1S/C11H19N3O3/c1-7(2)10-9(11(15)17-5)12-13-14(10)6-8(3)16-4/h7-8H,6H2,1-5H3. The minimum Gasteiger partial charge on any atom is -0.464 e. The van der Waals surface area contributed by atoms with Crippen LogP contribution < -0.4 is 0 Å². The quantitative estimate of drug-likeness (QED) is 0.725. The molecule has 1 aromatic rings. The lowest BCUT2D eigenvalue weighted by atomic mass is 10.1. The Hall–Kier alpha value is -1.43. The zero-order chi connectivity index (χ0) is 13.0. The van der Waals surface area contributed by atoms with Gasteiger partial charge in [0, 0.05) is 7.11 Å². The molecular weight excluding hydrogens is 222 g/mol. The van der Waals surface area contributed by atoms with Crippen LogP contribution in [0.3, 0.4) is 0 Å². The van der Waals surface area contributed by atoms with Crippen molar-refractivity contribution in [3.63, 3.8) is 0 Å². The summed E-state index contributed by atoms with van der Waals surface area (Å²) in [5, 5.41) is 7.86. The van der Waals surface area contributed by atoms with E-state index in [4.69, 9.17) is 4.74 Å². The highest BCUT2D eigenvalue weighted by Gasteiger charge is 2.23. The number of carbonyl (C=O) groups is 1. The maximum Gasteiger partial charge on any atom is 0.360 e. The van der Waals surface area contributed by atoms with E-state index in [0.29, 0.717) is 6.54 Å². The molecule has 0 N–H and O–H groups in total. The fourth-order valence-electron chi connectivity index (χ4n) is 1.59. The molecule has 1 heterocycles. The molecule has 0 aliphatic rings. The number of nitrogens with zero attached hydrogens (tertiary/aromatic N) is 3. The van der Waals surface area contributed by atoms with Gasteiger partial charge in [-0.3, -0.25) is 0 Å². The number of hydrogen-bond donors (Lipinski definition) is 0. The van der Waals surface area contributed by atoms with Gasteiger partial charge in [-0.2, -0.15) is 0 Å². The fourth-order valence-corrected chi connectivity index (χ4v) is 1.59. The van der Waals surface area contributed by atoms with Crippen LogP contribution in [-0.2, 0) is 16.0 Å². The van der Waals surface area contributed by atoms with Crippen molar-refractivity contribution in [3.05, 3.63) is 11.4 Å². The Bertz CT molecular complexity index is 387. The lowest BCUT2D eigenvalue weighted by Crippen LogP contribution is -2.19. The number of hydrogen-bond acceptors (Lipinski definition) is 5. The third-order valence-electron chi connectivity index (χ3n) is 2.53. The first-order valence-electron chi connectivity index (χ1n) is 5.55. The third kappa shape index (κ3) is 3.03. The molecule has 1 aromatic heterocycles. The first kappa shape index (κ1) is 13.6. The average molecular weight is 241 g/mol. The summed E-state index contributed by atoms with van der Waals surface area (Å²) in [6.07, 6.45) is 0.0136. The molecule has 1 atom stereocenters. The fraction of sp³-hybridized carbons (Fsp3) is 0.727. The molecule has 0 fully saturated rings. The van der Waals surface area contributed by atoms with Gasteiger partial charge in [-0.1, -0.05) is 19.1 Å². The second-order valence-electron chi connectivity index (χ2n) is 4.20. The van der Waals surface area contributed by atoms with E-state index in [1.54, 1.807) is 11.8 Å². The molecule has 0 saturated heterocycles. The molecule has 0 spiro atoms. The van der Waals surface area contributed by atoms with Crippen LogP contribution in [0.25, 0.3) is 0 Å². The lowest BCUT2D eigenvalue weighted by molar-refractivity contribution is 0.0591. The number of aromatic nitrogens is 3. The van der Waals surface area contributed by atoms with Crippen LogP contribution in [-0.4, -0.2) is 41.3 Å². The summed E-state index contributed by atoms with van der Waals surface area (Å²) in [4.78, 5) is 11.5. The van der Waals surface area contributed by atoms with Crippen molar-refractivity contribution in [3.8, 4) is 0 Å². The number of rotatable bonds is 5. The Balaban J connectivity index is 3.06. The average Bonchev–Trinajstić information content (AvgIpc) is 2.71. The minimum absolute atomic E-state index is 0.0136. The predicted octanol–water partition coefficient (Wildman–Crippen LogP) is 1.22. The smallest absolute Gasteiger partial charge is 0.360 e. The largest absolute Gasteiger partial charge is 0.464 e. The van der Waals surface area contributed by atoms with Crippen LogP contribution in [0.1, 0.15) is 42.9 Å². The number of carbonyl (C=O) groups excluding carboxylic acids is 1. The zero-order valence-electron chi connectivity index (χ0n) is 10.9. The first-order chi connectivity index (χ1) is 8.01. The Morgan fingerprint density at radius 3 is 2.47 bits per heavy atom. The number of ether oxygens (including phenoxy) is 2. The molecular formula is C11H19N3O3. The van der Waals surface area contributed by atoms with Crippen molar-refractivity contribution in [2.75, 3.05) is 14.2 Å². The highest BCUT2D eigenvalue weighted by Crippen LogP contribution is 2.18. The Morgan fingerprint density at radius 2 is 2.00 bits per heavy atom. The molecule has 0 aliphatic carbocycles. The van der Waals surface area contributed by atoms with E-state index < -0.39 is 5.97 Å². The molecule has 0 aromatic carbocycles. The van der Waals surface area contributed by atoms with Crippen molar-refractivity contribution in [1.82, 2.24) is 15.0 Å². The van der Waals surface area contributed by atoms with Gasteiger partial charge in [0.15, 0.2) is 5.69 Å². The van der Waals surface area contributed by atoms with Gasteiger partial charge in [0.05, 0.1) is 25.5 Å². The normalized spacial score (nSPS) is 12.8. The van der Waals surface area contributed by atoms with Crippen LogP contribution in [0.15, 0.2) is 0 Å². The van der Waals surface area contributed by atoms with Crippen molar-refractivity contribution in [1.29, 1.82) is 0 Å². The summed E-state index contributed by atoms with van der Waals surface area (Å²) in [6.45, 7) is 6.47. The lowest BCUT2D eigenvalue weighted by Gasteiger charge is -2.13. The highest BCUT2D eigenvalue weighted by molar-refractivity contribution is 5.88. The molecule has 0 saturated carbocycles. The van der Waals surface area contributed by atoms with Crippen LogP contribution in [0.5, 0.6) is 0 Å². The predicted molar refractivity (Wildman–Crippen MR) is 61.9 cm³/mol. The van der Waals surface area contributed by atoms with E-state index in [1.807, 2.05) is 20.8 Å². The van der Waals surface area contributed by atoms with Gasteiger partial charge in [-0.05, 0) is 12.8 Å².